The van der Waals surface area contributed by atoms with Crippen LogP contribution in [0.4, 0.5) is 0 Å². The molecule has 1 atom stereocenters. The summed E-state index contributed by atoms with van der Waals surface area (Å²) in [4.78, 5) is 38.1. The Kier molecular flexibility index (Phi) is 53.3. The van der Waals surface area contributed by atoms with Gasteiger partial charge in [-0.2, -0.15) is 0 Å². The molecule has 0 heterocycles. The fourth-order valence-corrected chi connectivity index (χ4v) is 8.09. The number of allylic oxidation sites excluding steroid dienone is 10. The van der Waals surface area contributed by atoms with Gasteiger partial charge in [0.1, 0.15) is 13.2 Å². The van der Waals surface area contributed by atoms with Crippen LogP contribution in [0, 0.1) is 0 Å². The Morgan fingerprint density at radius 1 is 0.299 bits per heavy atom. The molecule has 0 amide bonds. The summed E-state index contributed by atoms with van der Waals surface area (Å²) < 4.78 is 16.8. The van der Waals surface area contributed by atoms with Crippen LogP contribution in [0.5, 0.6) is 0 Å². The highest BCUT2D eigenvalue weighted by molar-refractivity contribution is 5.71. The van der Waals surface area contributed by atoms with Crippen LogP contribution < -0.4 is 0 Å². The monoisotopic (exact) mass is 937 g/mol. The minimum absolute atomic E-state index is 0.0853. The first-order chi connectivity index (χ1) is 33.0. The first-order valence-electron chi connectivity index (χ1n) is 28.8. The second kappa shape index (κ2) is 55.7. The summed E-state index contributed by atoms with van der Waals surface area (Å²) in [6.07, 6.45) is 69.2. The van der Waals surface area contributed by atoms with Crippen LogP contribution >= 0.6 is 0 Å². The molecule has 67 heavy (non-hydrogen) atoms. The van der Waals surface area contributed by atoms with Gasteiger partial charge in [-0.05, 0) is 109 Å². The van der Waals surface area contributed by atoms with Crippen molar-refractivity contribution in [2.45, 2.75) is 297 Å². The van der Waals surface area contributed by atoms with Gasteiger partial charge in [-0.15, -0.1) is 0 Å². The minimum Gasteiger partial charge on any atom is -0.462 e. The molecule has 0 aliphatic carbocycles. The van der Waals surface area contributed by atoms with Crippen molar-refractivity contribution in [2.24, 2.45) is 0 Å². The summed E-state index contributed by atoms with van der Waals surface area (Å²) in [6.45, 7) is 6.60. The number of hydrogen-bond acceptors (Lipinski definition) is 6. The second-order valence-electron chi connectivity index (χ2n) is 19.2. The average Bonchev–Trinajstić information content (AvgIpc) is 3.33. The summed E-state index contributed by atoms with van der Waals surface area (Å²) >= 11 is 0. The van der Waals surface area contributed by atoms with Gasteiger partial charge >= 0.3 is 17.9 Å². The molecule has 388 valence electrons. The lowest BCUT2D eigenvalue weighted by Crippen LogP contribution is -2.30. The van der Waals surface area contributed by atoms with Gasteiger partial charge in [0, 0.05) is 19.3 Å². The van der Waals surface area contributed by atoms with E-state index in [-0.39, 0.29) is 31.1 Å². The Morgan fingerprint density at radius 2 is 0.537 bits per heavy atom. The smallest absolute Gasteiger partial charge is 0.306 e. The van der Waals surface area contributed by atoms with Crippen molar-refractivity contribution >= 4 is 17.9 Å². The van der Waals surface area contributed by atoms with Crippen LogP contribution in [-0.4, -0.2) is 37.2 Å². The maximum absolute atomic E-state index is 12.8. The van der Waals surface area contributed by atoms with Crippen LogP contribution in [0.25, 0.3) is 0 Å². The van der Waals surface area contributed by atoms with E-state index in [0.717, 1.165) is 96.3 Å². The SMILES string of the molecule is CCCCC/C=C\C/C=C\C/C=C\CCCCCCCCC(=O)OCC(COC(=O)CCCCCCC/C=C\CCCCCCCC)OC(=O)CCCCCCC/C=C\CCCCCCCC. The maximum Gasteiger partial charge on any atom is 0.306 e. The quantitative estimate of drug-likeness (QED) is 0.0262. The second-order valence-corrected chi connectivity index (χ2v) is 19.2. The molecule has 0 N–H and O–H groups in total. The number of carbonyl (C=O) groups excluding carboxylic acids is 3. The Morgan fingerprint density at radius 3 is 0.881 bits per heavy atom. The topological polar surface area (TPSA) is 78.9 Å². The van der Waals surface area contributed by atoms with Crippen molar-refractivity contribution in [2.75, 3.05) is 13.2 Å². The number of carbonyl (C=O) groups is 3. The fraction of sp³-hybridized carbons (Fsp3) is 0.787. The average molecular weight is 938 g/mol. The molecule has 0 bridgehead atoms. The molecule has 0 aromatic carbocycles. The van der Waals surface area contributed by atoms with Crippen molar-refractivity contribution < 1.29 is 28.6 Å². The maximum atomic E-state index is 12.8. The van der Waals surface area contributed by atoms with Crippen molar-refractivity contribution in [1.29, 1.82) is 0 Å². The molecule has 0 aliphatic heterocycles. The first kappa shape index (κ1) is 64.1. The Balaban J connectivity index is 4.41. The van der Waals surface area contributed by atoms with Gasteiger partial charge < -0.3 is 14.2 Å². The van der Waals surface area contributed by atoms with E-state index in [2.05, 4.69) is 81.5 Å². The summed E-state index contributed by atoms with van der Waals surface area (Å²) in [7, 11) is 0. The minimum atomic E-state index is -0.787. The first-order valence-corrected chi connectivity index (χ1v) is 28.8. The van der Waals surface area contributed by atoms with E-state index in [9.17, 15) is 14.4 Å². The standard InChI is InChI=1S/C61H108O6/c1-4-7-10-13-16-19-22-25-28-29-30-31-34-36-39-42-45-48-51-54-60(63)66-57-58(67-61(64)55-52-49-46-43-40-37-33-27-24-21-18-15-12-9-6-3)56-65-59(62)53-50-47-44-41-38-35-32-26-23-20-17-14-11-8-5-2/h16,19,25-28,30-33,58H,4-15,17-18,20-24,29,34-57H2,1-3H3/b19-16-,28-25-,31-30-,32-26-,33-27-. The Labute approximate surface area is 415 Å². The molecule has 0 saturated carbocycles. The van der Waals surface area contributed by atoms with Crippen molar-refractivity contribution in [3.63, 3.8) is 0 Å². The third-order valence-corrected chi connectivity index (χ3v) is 12.5. The molecule has 0 aromatic rings. The van der Waals surface area contributed by atoms with E-state index >= 15 is 0 Å². The third kappa shape index (κ3) is 53.9. The van der Waals surface area contributed by atoms with Crippen LogP contribution in [0.1, 0.15) is 290 Å². The molecule has 0 rings (SSSR count). The van der Waals surface area contributed by atoms with Crippen molar-refractivity contribution in [1.82, 2.24) is 0 Å². The number of unbranched alkanes of at least 4 members (excludes halogenated alkanes) is 31. The highest BCUT2D eigenvalue weighted by Gasteiger charge is 2.19. The van der Waals surface area contributed by atoms with Gasteiger partial charge in [0.15, 0.2) is 6.10 Å². The van der Waals surface area contributed by atoms with E-state index in [1.54, 1.807) is 0 Å². The zero-order valence-corrected chi connectivity index (χ0v) is 44.4. The van der Waals surface area contributed by atoms with Crippen molar-refractivity contribution in [3.8, 4) is 0 Å². The fourth-order valence-electron chi connectivity index (χ4n) is 8.09. The van der Waals surface area contributed by atoms with E-state index in [0.29, 0.717) is 19.3 Å². The lowest BCUT2D eigenvalue weighted by Gasteiger charge is -2.18. The molecule has 0 radical (unpaired) electrons. The van der Waals surface area contributed by atoms with Crippen LogP contribution in [0.2, 0.25) is 0 Å². The van der Waals surface area contributed by atoms with E-state index in [1.807, 2.05) is 0 Å². The molecule has 6 heteroatoms. The van der Waals surface area contributed by atoms with Gasteiger partial charge in [0.05, 0.1) is 0 Å². The summed E-state index contributed by atoms with van der Waals surface area (Å²) in [5, 5.41) is 0. The summed E-state index contributed by atoms with van der Waals surface area (Å²) in [5.74, 6) is -0.904. The van der Waals surface area contributed by atoms with E-state index in [4.69, 9.17) is 14.2 Å². The van der Waals surface area contributed by atoms with E-state index < -0.39 is 6.10 Å². The lowest BCUT2D eigenvalue weighted by atomic mass is 10.1. The lowest BCUT2D eigenvalue weighted by molar-refractivity contribution is -0.167. The van der Waals surface area contributed by atoms with Crippen LogP contribution in [-0.2, 0) is 28.6 Å². The van der Waals surface area contributed by atoms with Gasteiger partial charge in [-0.25, -0.2) is 0 Å². The van der Waals surface area contributed by atoms with Crippen LogP contribution in [0.15, 0.2) is 60.8 Å². The third-order valence-electron chi connectivity index (χ3n) is 12.5. The molecular formula is C61H108O6. The molecule has 6 nitrogen and oxygen atoms in total. The number of ether oxygens (including phenoxy) is 3. The van der Waals surface area contributed by atoms with Gasteiger partial charge in [0.25, 0.3) is 0 Å². The molecule has 0 spiro atoms. The van der Waals surface area contributed by atoms with Crippen LogP contribution in [0.3, 0.4) is 0 Å². The summed E-state index contributed by atoms with van der Waals surface area (Å²) in [6, 6.07) is 0. The van der Waals surface area contributed by atoms with Crippen molar-refractivity contribution in [3.05, 3.63) is 60.8 Å². The Hall–Kier alpha value is -2.89. The molecule has 0 fully saturated rings. The van der Waals surface area contributed by atoms with Gasteiger partial charge in [0.2, 0.25) is 0 Å². The molecule has 1 unspecified atom stereocenters. The van der Waals surface area contributed by atoms with Gasteiger partial charge in [-0.1, -0.05) is 223 Å². The zero-order valence-electron chi connectivity index (χ0n) is 44.4. The normalized spacial score (nSPS) is 12.5. The largest absolute Gasteiger partial charge is 0.462 e. The van der Waals surface area contributed by atoms with Gasteiger partial charge in [-0.3, -0.25) is 14.4 Å². The predicted molar refractivity (Wildman–Crippen MR) is 288 cm³/mol. The molecule has 0 aromatic heterocycles. The van der Waals surface area contributed by atoms with E-state index in [1.165, 1.54) is 154 Å². The number of rotatable bonds is 52. The molecular weight excluding hydrogens is 829 g/mol. The summed E-state index contributed by atoms with van der Waals surface area (Å²) in [5.41, 5.74) is 0. The highest BCUT2D eigenvalue weighted by Crippen LogP contribution is 2.15. The predicted octanol–water partition coefficient (Wildman–Crippen LogP) is 19.2. The Bertz CT molecular complexity index is 1210. The number of esters is 3. The highest BCUT2D eigenvalue weighted by atomic mass is 16.6. The zero-order chi connectivity index (χ0) is 48.6. The number of hydrogen-bond donors (Lipinski definition) is 0. The molecule has 0 aliphatic rings. The molecule has 0 saturated heterocycles.